The number of benzene rings is 2. The van der Waals surface area contributed by atoms with E-state index in [9.17, 15) is 0 Å². The first-order chi connectivity index (χ1) is 9.20. The van der Waals surface area contributed by atoms with Crippen molar-refractivity contribution in [1.82, 2.24) is 0 Å². The van der Waals surface area contributed by atoms with Crippen molar-refractivity contribution in [3.63, 3.8) is 0 Å². The molecule has 0 spiro atoms. The summed E-state index contributed by atoms with van der Waals surface area (Å²) in [5.74, 6) is 1.04. The predicted molar refractivity (Wildman–Crippen MR) is 79.0 cm³/mol. The monoisotopic (exact) mass is 253 g/mol. The molecule has 1 N–H and O–H groups in total. The molecule has 0 bridgehead atoms. The number of hydrogen-bond acceptors (Lipinski definition) is 2. The molecule has 2 nitrogen and oxygen atoms in total. The smallest absolute Gasteiger partial charge is 0.123 e. The molecule has 0 saturated heterocycles. The van der Waals surface area contributed by atoms with Crippen LogP contribution >= 0.6 is 0 Å². The molecule has 1 unspecified atom stereocenters. The highest BCUT2D eigenvalue weighted by atomic mass is 16.5. The second-order valence-corrected chi connectivity index (χ2v) is 5.31. The number of fused-ring (bicyclic) bond motifs is 1. The number of rotatable bonds is 3. The quantitative estimate of drug-likeness (QED) is 0.900. The highest BCUT2D eigenvalue weighted by Crippen LogP contribution is 2.29. The van der Waals surface area contributed by atoms with E-state index >= 15 is 0 Å². The van der Waals surface area contributed by atoms with Crippen LogP contribution in [0.2, 0.25) is 0 Å². The number of anilines is 1. The molecule has 0 radical (unpaired) electrons. The summed E-state index contributed by atoms with van der Waals surface area (Å²) in [5.41, 5.74) is 5.07. The first kappa shape index (κ1) is 12.1. The predicted octanol–water partition coefficient (Wildman–Crippen LogP) is 3.72. The average Bonchev–Trinajstić information content (AvgIpc) is 2.78. The third-order valence-electron chi connectivity index (χ3n) is 3.51. The first-order valence-corrected chi connectivity index (χ1v) is 6.77. The Morgan fingerprint density at radius 1 is 1.11 bits per heavy atom. The maximum atomic E-state index is 5.95. The van der Waals surface area contributed by atoms with Gasteiger partial charge in [-0.1, -0.05) is 29.8 Å². The first-order valence-electron chi connectivity index (χ1n) is 6.77. The second-order valence-electron chi connectivity index (χ2n) is 5.31. The van der Waals surface area contributed by atoms with Crippen LogP contribution in [0.3, 0.4) is 0 Å². The highest BCUT2D eigenvalue weighted by Gasteiger charge is 2.22. The van der Waals surface area contributed by atoms with Gasteiger partial charge in [0.2, 0.25) is 0 Å². The molecule has 1 aliphatic rings. The molecule has 1 atom stereocenters. The van der Waals surface area contributed by atoms with E-state index in [4.69, 9.17) is 4.74 Å². The van der Waals surface area contributed by atoms with Gasteiger partial charge < -0.3 is 10.1 Å². The summed E-state index contributed by atoms with van der Waals surface area (Å²) >= 11 is 0. The lowest BCUT2D eigenvalue weighted by molar-refractivity contribution is 0.246. The number of nitrogens with one attached hydrogen (secondary N) is 1. The topological polar surface area (TPSA) is 21.3 Å². The zero-order valence-corrected chi connectivity index (χ0v) is 11.4. The van der Waals surface area contributed by atoms with Gasteiger partial charge in [0.05, 0.1) is 6.54 Å². The molecular weight excluding hydrogens is 234 g/mol. The van der Waals surface area contributed by atoms with Crippen LogP contribution in [0.15, 0.2) is 42.5 Å². The van der Waals surface area contributed by atoms with Crippen LogP contribution in [0.25, 0.3) is 0 Å². The van der Waals surface area contributed by atoms with Crippen LogP contribution in [0.5, 0.6) is 5.75 Å². The molecule has 0 aliphatic carbocycles. The fraction of sp³-hybridized carbons (Fsp3) is 0.294. The molecule has 2 aromatic rings. The Morgan fingerprint density at radius 2 is 1.95 bits per heavy atom. The summed E-state index contributed by atoms with van der Waals surface area (Å²) in [4.78, 5) is 0. The minimum absolute atomic E-state index is 0.234. The molecule has 98 valence electrons. The molecule has 0 aromatic heterocycles. The van der Waals surface area contributed by atoms with Gasteiger partial charge in [0.15, 0.2) is 0 Å². The van der Waals surface area contributed by atoms with Crippen molar-refractivity contribution in [2.75, 3.05) is 11.9 Å². The Labute approximate surface area is 114 Å². The Morgan fingerprint density at radius 3 is 2.79 bits per heavy atom. The van der Waals surface area contributed by atoms with Crippen molar-refractivity contribution in [2.45, 2.75) is 26.4 Å². The van der Waals surface area contributed by atoms with Gasteiger partial charge in [-0.2, -0.15) is 0 Å². The molecule has 19 heavy (non-hydrogen) atoms. The van der Waals surface area contributed by atoms with Crippen molar-refractivity contribution >= 4 is 5.69 Å². The standard InChI is InChI=1S/C17H19NO/c1-12-4-3-5-15(9-12)18-11-16-10-14-8-13(2)6-7-17(14)19-16/h3-9,16,18H,10-11H2,1-2H3. The zero-order valence-electron chi connectivity index (χ0n) is 11.4. The SMILES string of the molecule is Cc1cccc(NCC2Cc3cc(C)ccc3O2)c1. The van der Waals surface area contributed by atoms with Gasteiger partial charge >= 0.3 is 0 Å². The summed E-state index contributed by atoms with van der Waals surface area (Å²) in [6.07, 6.45) is 1.23. The summed E-state index contributed by atoms with van der Waals surface area (Å²) in [7, 11) is 0. The van der Waals surface area contributed by atoms with Crippen molar-refractivity contribution < 1.29 is 4.74 Å². The normalized spacial score (nSPS) is 16.8. The Hall–Kier alpha value is -1.96. The fourth-order valence-corrected chi connectivity index (χ4v) is 2.55. The second kappa shape index (κ2) is 4.96. The van der Waals surface area contributed by atoms with Crippen molar-refractivity contribution in [1.29, 1.82) is 0 Å². The molecule has 0 saturated carbocycles. The van der Waals surface area contributed by atoms with Gasteiger partial charge in [-0.15, -0.1) is 0 Å². The van der Waals surface area contributed by atoms with Crippen LogP contribution in [0.1, 0.15) is 16.7 Å². The molecule has 1 heterocycles. The lowest BCUT2D eigenvalue weighted by atomic mass is 10.1. The van der Waals surface area contributed by atoms with Gasteiger partial charge in [-0.05, 0) is 43.2 Å². The summed E-state index contributed by atoms with van der Waals surface area (Å²) < 4.78 is 5.95. The number of aryl methyl sites for hydroxylation is 2. The summed E-state index contributed by atoms with van der Waals surface area (Å²) in [6, 6.07) is 14.8. The van der Waals surface area contributed by atoms with Crippen LogP contribution in [0, 0.1) is 13.8 Å². The van der Waals surface area contributed by atoms with Gasteiger partial charge in [0, 0.05) is 12.1 Å². The third-order valence-corrected chi connectivity index (χ3v) is 3.51. The van der Waals surface area contributed by atoms with E-state index in [-0.39, 0.29) is 6.10 Å². The Balaban J connectivity index is 1.62. The molecule has 2 aromatic carbocycles. The zero-order chi connectivity index (χ0) is 13.2. The average molecular weight is 253 g/mol. The molecule has 0 fully saturated rings. The Kier molecular flexibility index (Phi) is 3.16. The number of ether oxygens (including phenoxy) is 1. The van der Waals surface area contributed by atoms with E-state index < -0.39 is 0 Å². The van der Waals surface area contributed by atoms with Crippen LogP contribution in [0.4, 0.5) is 5.69 Å². The van der Waals surface area contributed by atoms with Crippen molar-refractivity contribution in [3.8, 4) is 5.75 Å². The van der Waals surface area contributed by atoms with Gasteiger partial charge in [-0.25, -0.2) is 0 Å². The van der Waals surface area contributed by atoms with Crippen molar-refractivity contribution in [3.05, 3.63) is 59.2 Å². The molecule has 1 aliphatic heterocycles. The molecule has 0 amide bonds. The van der Waals surface area contributed by atoms with Gasteiger partial charge in [-0.3, -0.25) is 0 Å². The number of hydrogen-bond donors (Lipinski definition) is 1. The van der Waals surface area contributed by atoms with Gasteiger partial charge in [0.25, 0.3) is 0 Å². The van der Waals surface area contributed by atoms with E-state index in [1.54, 1.807) is 0 Å². The highest BCUT2D eigenvalue weighted by molar-refractivity contribution is 5.46. The Bertz CT molecular complexity index is 592. The molecule has 3 rings (SSSR count). The minimum Gasteiger partial charge on any atom is -0.488 e. The van der Waals surface area contributed by atoms with Crippen molar-refractivity contribution in [2.24, 2.45) is 0 Å². The molecule has 2 heteroatoms. The fourth-order valence-electron chi connectivity index (χ4n) is 2.55. The minimum atomic E-state index is 0.234. The largest absolute Gasteiger partial charge is 0.488 e. The third kappa shape index (κ3) is 2.73. The lowest BCUT2D eigenvalue weighted by Gasteiger charge is -2.13. The van der Waals surface area contributed by atoms with E-state index in [1.165, 1.54) is 16.7 Å². The van der Waals surface area contributed by atoms with Crippen LogP contribution < -0.4 is 10.1 Å². The summed E-state index contributed by atoms with van der Waals surface area (Å²) in [6.45, 7) is 5.08. The van der Waals surface area contributed by atoms with E-state index in [0.29, 0.717) is 0 Å². The molecular formula is C17H19NO. The summed E-state index contributed by atoms with van der Waals surface area (Å²) in [5, 5.41) is 3.45. The maximum absolute atomic E-state index is 5.95. The van der Waals surface area contributed by atoms with E-state index in [0.717, 1.165) is 24.4 Å². The lowest BCUT2D eigenvalue weighted by Crippen LogP contribution is -2.23. The van der Waals surface area contributed by atoms with Crippen LogP contribution in [-0.2, 0) is 6.42 Å². The van der Waals surface area contributed by atoms with Gasteiger partial charge in [0.1, 0.15) is 11.9 Å². The van der Waals surface area contributed by atoms with Crippen LogP contribution in [-0.4, -0.2) is 12.6 Å². The van der Waals surface area contributed by atoms with E-state index in [2.05, 4.69) is 61.6 Å². The maximum Gasteiger partial charge on any atom is 0.123 e. The van der Waals surface area contributed by atoms with E-state index in [1.807, 2.05) is 0 Å².